The summed E-state index contributed by atoms with van der Waals surface area (Å²) < 4.78 is 0. The monoisotopic (exact) mass is 408 g/mol. The maximum atomic E-state index is 12.4. The van der Waals surface area contributed by atoms with Crippen molar-refractivity contribution in [3.8, 4) is 0 Å². The summed E-state index contributed by atoms with van der Waals surface area (Å²) in [6, 6.07) is 16.0. The predicted octanol–water partition coefficient (Wildman–Crippen LogP) is 5.56. The van der Waals surface area contributed by atoms with Gasteiger partial charge in [0.1, 0.15) is 0 Å². The second-order valence-corrected chi connectivity index (χ2v) is 8.11. The molecule has 0 unspecified atom stereocenters. The van der Waals surface area contributed by atoms with Gasteiger partial charge in [-0.1, -0.05) is 49.0 Å². The fraction of sp³-hybridized carbons (Fsp3) is 0.190. The topological polar surface area (TPSA) is 61.9 Å². The Morgan fingerprint density at radius 2 is 1.93 bits per heavy atom. The van der Waals surface area contributed by atoms with Crippen LogP contribution in [0.3, 0.4) is 0 Å². The number of carbonyl (C=O) groups is 1. The van der Waals surface area contributed by atoms with Gasteiger partial charge >= 0.3 is 0 Å². The standard InChI is InChI=1S/C21H20N4OS2/c1-3-15-8-4-7-11-19(15)25(14(2)26)21-22-16(13-28-21)12-27-20-23-17-9-5-6-10-18(17)24-20/h4-11,13H,3,12H2,1-2H3,(H,23,24). The van der Waals surface area contributed by atoms with Crippen LogP contribution in [0.15, 0.2) is 59.1 Å². The highest BCUT2D eigenvalue weighted by molar-refractivity contribution is 7.98. The minimum atomic E-state index is -0.0354. The lowest BCUT2D eigenvalue weighted by Crippen LogP contribution is -2.23. The third-order valence-corrected chi connectivity index (χ3v) is 6.17. The lowest BCUT2D eigenvalue weighted by Gasteiger charge is -2.20. The molecule has 0 saturated carbocycles. The fourth-order valence-electron chi connectivity index (χ4n) is 3.04. The van der Waals surface area contributed by atoms with E-state index in [1.807, 2.05) is 47.8 Å². The van der Waals surface area contributed by atoms with Crippen molar-refractivity contribution in [3.63, 3.8) is 0 Å². The summed E-state index contributed by atoms with van der Waals surface area (Å²) in [7, 11) is 0. The number of imidazole rings is 1. The van der Waals surface area contributed by atoms with Gasteiger partial charge in [-0.2, -0.15) is 0 Å². The van der Waals surface area contributed by atoms with Crippen LogP contribution in [0.2, 0.25) is 0 Å². The van der Waals surface area contributed by atoms with E-state index < -0.39 is 0 Å². The predicted molar refractivity (Wildman–Crippen MR) is 116 cm³/mol. The molecular weight excluding hydrogens is 388 g/mol. The quantitative estimate of drug-likeness (QED) is 0.424. The Kier molecular flexibility index (Phi) is 5.45. The molecular formula is C21H20N4OS2. The number of nitrogens with one attached hydrogen (secondary N) is 1. The molecule has 4 aromatic rings. The number of thioether (sulfide) groups is 1. The minimum Gasteiger partial charge on any atom is -0.333 e. The summed E-state index contributed by atoms with van der Waals surface area (Å²) in [6.45, 7) is 3.67. The molecule has 1 amide bonds. The number of aryl methyl sites for hydroxylation is 1. The van der Waals surface area contributed by atoms with E-state index in [-0.39, 0.29) is 5.91 Å². The number of para-hydroxylation sites is 3. The van der Waals surface area contributed by atoms with Crippen molar-refractivity contribution < 1.29 is 4.79 Å². The number of carbonyl (C=O) groups excluding carboxylic acids is 1. The molecule has 0 aliphatic rings. The van der Waals surface area contributed by atoms with Crippen molar-refractivity contribution in [2.45, 2.75) is 31.2 Å². The van der Waals surface area contributed by atoms with E-state index in [1.165, 1.54) is 11.3 Å². The first-order valence-electron chi connectivity index (χ1n) is 9.06. The highest BCUT2D eigenvalue weighted by Crippen LogP contribution is 2.33. The van der Waals surface area contributed by atoms with Crippen molar-refractivity contribution in [2.24, 2.45) is 0 Å². The van der Waals surface area contributed by atoms with E-state index in [0.717, 1.165) is 39.6 Å². The molecule has 7 heteroatoms. The molecule has 0 saturated heterocycles. The van der Waals surface area contributed by atoms with Crippen molar-refractivity contribution >= 4 is 50.9 Å². The number of hydrogen-bond donors (Lipinski definition) is 1. The molecule has 0 aliphatic carbocycles. The highest BCUT2D eigenvalue weighted by Gasteiger charge is 2.20. The van der Waals surface area contributed by atoms with Crippen LogP contribution in [0.5, 0.6) is 0 Å². The third kappa shape index (κ3) is 3.81. The maximum Gasteiger partial charge on any atom is 0.230 e. The Balaban J connectivity index is 1.54. The maximum absolute atomic E-state index is 12.4. The normalized spacial score (nSPS) is 11.1. The lowest BCUT2D eigenvalue weighted by atomic mass is 10.1. The first-order valence-corrected chi connectivity index (χ1v) is 10.9. The molecule has 142 valence electrons. The second-order valence-electron chi connectivity index (χ2n) is 6.31. The van der Waals surface area contributed by atoms with Crippen LogP contribution in [-0.2, 0) is 17.0 Å². The van der Waals surface area contributed by atoms with Gasteiger partial charge in [0.15, 0.2) is 10.3 Å². The number of nitrogens with zero attached hydrogens (tertiary/aromatic N) is 3. The Hall–Kier alpha value is -2.64. The zero-order valence-electron chi connectivity index (χ0n) is 15.7. The molecule has 0 spiro atoms. The Morgan fingerprint density at radius 3 is 2.71 bits per heavy atom. The molecule has 4 rings (SSSR count). The van der Waals surface area contributed by atoms with Crippen molar-refractivity contribution in [3.05, 3.63) is 65.2 Å². The molecule has 2 aromatic heterocycles. The number of benzene rings is 2. The molecule has 0 atom stereocenters. The van der Waals surface area contributed by atoms with Crippen LogP contribution in [0, 0.1) is 0 Å². The summed E-state index contributed by atoms with van der Waals surface area (Å²) in [4.78, 5) is 26.7. The second kappa shape index (κ2) is 8.16. The first kappa shape index (κ1) is 18.7. The summed E-state index contributed by atoms with van der Waals surface area (Å²) >= 11 is 3.10. The lowest BCUT2D eigenvalue weighted by molar-refractivity contribution is -0.115. The number of hydrogen-bond acceptors (Lipinski definition) is 5. The van der Waals surface area contributed by atoms with Crippen molar-refractivity contribution in [2.75, 3.05) is 4.90 Å². The van der Waals surface area contributed by atoms with Crippen LogP contribution in [0.25, 0.3) is 11.0 Å². The molecule has 0 fully saturated rings. The zero-order valence-corrected chi connectivity index (χ0v) is 17.3. The fourth-order valence-corrected chi connectivity index (χ4v) is 4.80. The van der Waals surface area contributed by atoms with Gasteiger partial charge in [-0.15, -0.1) is 11.3 Å². The van der Waals surface area contributed by atoms with E-state index in [2.05, 4.69) is 23.0 Å². The average Bonchev–Trinajstić information content (AvgIpc) is 3.33. The molecule has 2 heterocycles. The number of aromatic nitrogens is 3. The zero-order chi connectivity index (χ0) is 19.5. The number of rotatable bonds is 6. The Morgan fingerprint density at radius 1 is 1.14 bits per heavy atom. The Bertz CT molecular complexity index is 1090. The minimum absolute atomic E-state index is 0.0354. The van der Waals surface area contributed by atoms with Gasteiger partial charge in [0.05, 0.1) is 22.4 Å². The number of anilines is 2. The van der Waals surface area contributed by atoms with Gasteiger partial charge in [-0.3, -0.25) is 9.69 Å². The largest absolute Gasteiger partial charge is 0.333 e. The van der Waals surface area contributed by atoms with Crippen LogP contribution in [-0.4, -0.2) is 20.9 Å². The van der Waals surface area contributed by atoms with Crippen LogP contribution in [0.1, 0.15) is 25.1 Å². The molecule has 0 aliphatic heterocycles. The third-order valence-electron chi connectivity index (χ3n) is 4.38. The molecule has 0 radical (unpaired) electrons. The van der Waals surface area contributed by atoms with E-state index in [0.29, 0.717) is 10.9 Å². The van der Waals surface area contributed by atoms with Gasteiger partial charge in [-0.25, -0.2) is 9.97 Å². The van der Waals surface area contributed by atoms with Gasteiger partial charge < -0.3 is 4.98 Å². The number of amides is 1. The molecule has 2 aromatic carbocycles. The average molecular weight is 409 g/mol. The molecule has 1 N–H and O–H groups in total. The van der Waals surface area contributed by atoms with Gasteiger partial charge in [0.2, 0.25) is 5.91 Å². The smallest absolute Gasteiger partial charge is 0.230 e. The Labute approximate surface area is 171 Å². The number of H-pyrrole nitrogens is 1. The summed E-state index contributed by atoms with van der Waals surface area (Å²) in [5.74, 6) is 0.657. The first-order chi connectivity index (χ1) is 13.7. The van der Waals surface area contributed by atoms with Crippen LogP contribution < -0.4 is 4.90 Å². The number of fused-ring (bicyclic) bond motifs is 1. The van der Waals surface area contributed by atoms with Crippen molar-refractivity contribution in [1.82, 2.24) is 15.0 Å². The van der Waals surface area contributed by atoms with Gasteiger partial charge in [0, 0.05) is 18.1 Å². The summed E-state index contributed by atoms with van der Waals surface area (Å²) in [6.07, 6.45) is 0.861. The molecule has 0 bridgehead atoms. The van der Waals surface area contributed by atoms with Crippen LogP contribution in [0.4, 0.5) is 10.8 Å². The van der Waals surface area contributed by atoms with Gasteiger partial charge in [-0.05, 0) is 30.2 Å². The highest BCUT2D eigenvalue weighted by atomic mass is 32.2. The SMILES string of the molecule is CCc1ccccc1N(C(C)=O)c1nc(CSc2nc3ccccc3[nH]2)cs1. The summed E-state index contributed by atoms with van der Waals surface area (Å²) in [5, 5.41) is 3.58. The summed E-state index contributed by atoms with van der Waals surface area (Å²) in [5.41, 5.74) is 4.96. The van der Waals surface area contributed by atoms with Crippen molar-refractivity contribution in [1.29, 1.82) is 0 Å². The van der Waals surface area contributed by atoms with Crippen LogP contribution >= 0.6 is 23.1 Å². The van der Waals surface area contributed by atoms with Gasteiger partial charge in [0.25, 0.3) is 0 Å². The van der Waals surface area contributed by atoms with E-state index in [4.69, 9.17) is 4.98 Å². The number of aromatic amines is 1. The number of thiazole rings is 1. The molecule has 5 nitrogen and oxygen atoms in total. The van der Waals surface area contributed by atoms with E-state index in [1.54, 1.807) is 23.6 Å². The molecule has 28 heavy (non-hydrogen) atoms. The van der Waals surface area contributed by atoms with E-state index >= 15 is 0 Å². The van der Waals surface area contributed by atoms with E-state index in [9.17, 15) is 4.79 Å².